The number of benzene rings is 1. The zero-order valence-corrected chi connectivity index (χ0v) is 13.6. The number of halogens is 1. The van der Waals surface area contributed by atoms with Crippen molar-refractivity contribution in [2.75, 3.05) is 6.54 Å². The van der Waals surface area contributed by atoms with E-state index in [2.05, 4.69) is 4.98 Å². The summed E-state index contributed by atoms with van der Waals surface area (Å²) < 4.78 is 0. The van der Waals surface area contributed by atoms with Crippen molar-refractivity contribution in [2.24, 2.45) is 5.92 Å². The van der Waals surface area contributed by atoms with E-state index in [-0.39, 0.29) is 12.3 Å². The Morgan fingerprint density at radius 2 is 2.22 bits per heavy atom. The number of piperidine rings is 1. The summed E-state index contributed by atoms with van der Waals surface area (Å²) in [4.78, 5) is 28.7. The van der Waals surface area contributed by atoms with Gasteiger partial charge < -0.3 is 15.0 Å². The van der Waals surface area contributed by atoms with Gasteiger partial charge >= 0.3 is 5.97 Å². The molecule has 1 saturated heterocycles. The van der Waals surface area contributed by atoms with E-state index in [9.17, 15) is 14.7 Å². The third-order valence-electron chi connectivity index (χ3n) is 4.54. The molecule has 0 radical (unpaired) electrons. The number of hydrogen-bond acceptors (Lipinski definition) is 2. The SMILES string of the molecule is CC1CCN(C(=O)Cc2c[nH]c3ccc(Cl)cc23)C(C(=O)O)C1. The molecule has 0 saturated carbocycles. The molecule has 2 aromatic rings. The summed E-state index contributed by atoms with van der Waals surface area (Å²) in [6, 6.07) is 4.76. The Kier molecular flexibility index (Phi) is 4.31. The number of fused-ring (bicyclic) bond motifs is 1. The van der Waals surface area contributed by atoms with Gasteiger partial charge in [0.15, 0.2) is 0 Å². The standard InChI is InChI=1S/C17H19ClN2O3/c1-10-4-5-20(15(6-10)17(22)23)16(21)7-11-9-19-14-3-2-12(18)8-13(11)14/h2-3,8-10,15,19H,4-7H2,1H3,(H,22,23). The van der Waals surface area contributed by atoms with Crippen LogP contribution in [0.2, 0.25) is 5.02 Å². The smallest absolute Gasteiger partial charge is 0.326 e. The van der Waals surface area contributed by atoms with Crippen LogP contribution in [0.4, 0.5) is 0 Å². The van der Waals surface area contributed by atoms with Gasteiger partial charge in [-0.1, -0.05) is 18.5 Å². The molecule has 1 aromatic heterocycles. The van der Waals surface area contributed by atoms with Crippen molar-refractivity contribution in [2.45, 2.75) is 32.2 Å². The van der Waals surface area contributed by atoms with Crippen LogP contribution in [0.15, 0.2) is 24.4 Å². The number of nitrogens with one attached hydrogen (secondary N) is 1. The van der Waals surface area contributed by atoms with E-state index in [1.807, 2.05) is 19.1 Å². The number of rotatable bonds is 3. The Morgan fingerprint density at radius 1 is 1.43 bits per heavy atom. The molecular weight excluding hydrogens is 316 g/mol. The molecule has 122 valence electrons. The van der Waals surface area contributed by atoms with Crippen LogP contribution in [-0.4, -0.2) is 39.5 Å². The van der Waals surface area contributed by atoms with E-state index in [4.69, 9.17) is 11.6 Å². The largest absolute Gasteiger partial charge is 0.480 e. The van der Waals surface area contributed by atoms with Crippen LogP contribution in [0.5, 0.6) is 0 Å². The Hall–Kier alpha value is -2.01. The predicted octanol–water partition coefficient (Wildman–Crippen LogP) is 3.08. The second-order valence-electron chi connectivity index (χ2n) is 6.25. The lowest BCUT2D eigenvalue weighted by atomic mass is 9.92. The van der Waals surface area contributed by atoms with Gasteiger partial charge in [-0.05, 0) is 42.5 Å². The molecule has 2 atom stereocenters. The number of amides is 1. The van der Waals surface area contributed by atoms with Crippen molar-refractivity contribution in [1.82, 2.24) is 9.88 Å². The van der Waals surface area contributed by atoms with Gasteiger partial charge in [0, 0.05) is 28.7 Å². The van der Waals surface area contributed by atoms with Gasteiger partial charge in [-0.2, -0.15) is 0 Å². The fourth-order valence-electron chi connectivity index (χ4n) is 3.24. The number of carbonyl (C=O) groups excluding carboxylic acids is 1. The third kappa shape index (κ3) is 3.20. The summed E-state index contributed by atoms with van der Waals surface area (Å²) in [6.07, 6.45) is 3.33. The first-order valence-corrected chi connectivity index (χ1v) is 8.11. The first-order valence-electron chi connectivity index (χ1n) is 7.73. The van der Waals surface area contributed by atoms with Crippen molar-refractivity contribution in [1.29, 1.82) is 0 Å². The predicted molar refractivity (Wildman–Crippen MR) is 88.5 cm³/mol. The van der Waals surface area contributed by atoms with Gasteiger partial charge in [0.05, 0.1) is 6.42 Å². The zero-order chi connectivity index (χ0) is 16.6. The molecule has 1 aliphatic rings. The zero-order valence-electron chi connectivity index (χ0n) is 12.9. The summed E-state index contributed by atoms with van der Waals surface area (Å²) >= 11 is 6.03. The van der Waals surface area contributed by atoms with Gasteiger partial charge in [-0.3, -0.25) is 4.79 Å². The molecule has 1 amide bonds. The van der Waals surface area contributed by atoms with E-state index in [0.717, 1.165) is 22.9 Å². The molecule has 6 heteroatoms. The second-order valence-corrected chi connectivity index (χ2v) is 6.69. The number of aliphatic carboxylic acids is 1. The minimum absolute atomic E-state index is 0.148. The maximum absolute atomic E-state index is 12.6. The molecule has 0 aliphatic carbocycles. The second kappa shape index (κ2) is 6.24. The molecule has 0 spiro atoms. The molecule has 2 heterocycles. The van der Waals surface area contributed by atoms with Crippen LogP contribution in [-0.2, 0) is 16.0 Å². The molecule has 0 bridgehead atoms. The molecule has 2 unspecified atom stereocenters. The molecule has 23 heavy (non-hydrogen) atoms. The number of H-pyrrole nitrogens is 1. The summed E-state index contributed by atoms with van der Waals surface area (Å²) in [5, 5.41) is 10.9. The number of likely N-dealkylation sites (tertiary alicyclic amines) is 1. The fourth-order valence-corrected chi connectivity index (χ4v) is 3.41. The van der Waals surface area contributed by atoms with Gasteiger partial charge in [-0.15, -0.1) is 0 Å². The maximum atomic E-state index is 12.6. The lowest BCUT2D eigenvalue weighted by Crippen LogP contribution is -2.50. The van der Waals surface area contributed by atoms with Crippen LogP contribution in [0.1, 0.15) is 25.3 Å². The Balaban J connectivity index is 1.82. The fraction of sp³-hybridized carbons (Fsp3) is 0.412. The Bertz CT molecular complexity index is 755. The van der Waals surface area contributed by atoms with E-state index in [1.54, 1.807) is 12.3 Å². The quantitative estimate of drug-likeness (QED) is 0.906. The third-order valence-corrected chi connectivity index (χ3v) is 4.78. The monoisotopic (exact) mass is 334 g/mol. The lowest BCUT2D eigenvalue weighted by molar-refractivity contribution is -0.152. The number of carbonyl (C=O) groups is 2. The number of aromatic amines is 1. The van der Waals surface area contributed by atoms with E-state index >= 15 is 0 Å². The highest BCUT2D eigenvalue weighted by atomic mass is 35.5. The van der Waals surface area contributed by atoms with Crippen LogP contribution in [0.3, 0.4) is 0 Å². The van der Waals surface area contributed by atoms with Crippen molar-refractivity contribution in [3.63, 3.8) is 0 Å². The van der Waals surface area contributed by atoms with Gasteiger partial charge in [0.1, 0.15) is 6.04 Å². The van der Waals surface area contributed by atoms with Crippen molar-refractivity contribution >= 4 is 34.4 Å². The highest BCUT2D eigenvalue weighted by Gasteiger charge is 2.34. The highest BCUT2D eigenvalue weighted by molar-refractivity contribution is 6.31. The van der Waals surface area contributed by atoms with Crippen LogP contribution in [0, 0.1) is 5.92 Å². The highest BCUT2D eigenvalue weighted by Crippen LogP contribution is 2.26. The number of hydrogen-bond donors (Lipinski definition) is 2. The first kappa shape index (κ1) is 15.9. The normalized spacial score (nSPS) is 21.6. The number of nitrogens with zero attached hydrogens (tertiary/aromatic N) is 1. The van der Waals surface area contributed by atoms with Crippen LogP contribution in [0.25, 0.3) is 10.9 Å². The lowest BCUT2D eigenvalue weighted by Gasteiger charge is -2.36. The van der Waals surface area contributed by atoms with Crippen LogP contribution < -0.4 is 0 Å². The molecule has 2 N–H and O–H groups in total. The van der Waals surface area contributed by atoms with Crippen molar-refractivity contribution < 1.29 is 14.7 Å². The topological polar surface area (TPSA) is 73.4 Å². The number of carboxylic acids is 1. The number of aromatic nitrogens is 1. The average molecular weight is 335 g/mol. The van der Waals surface area contributed by atoms with Gasteiger partial charge in [-0.25, -0.2) is 4.79 Å². The van der Waals surface area contributed by atoms with Crippen LogP contribution >= 0.6 is 11.6 Å². The maximum Gasteiger partial charge on any atom is 0.326 e. The molecule has 5 nitrogen and oxygen atoms in total. The molecule has 1 aliphatic heterocycles. The minimum atomic E-state index is -0.924. The van der Waals surface area contributed by atoms with Gasteiger partial charge in [0.2, 0.25) is 5.91 Å². The molecule has 3 rings (SSSR count). The van der Waals surface area contributed by atoms with E-state index in [1.165, 1.54) is 4.90 Å². The summed E-state index contributed by atoms with van der Waals surface area (Å²) in [5.74, 6) is -0.746. The Labute approximate surface area is 139 Å². The molecule has 1 aromatic carbocycles. The van der Waals surface area contributed by atoms with E-state index < -0.39 is 12.0 Å². The first-order chi connectivity index (χ1) is 11.0. The average Bonchev–Trinajstić information content (AvgIpc) is 2.89. The summed E-state index contributed by atoms with van der Waals surface area (Å²) in [7, 11) is 0. The van der Waals surface area contributed by atoms with Gasteiger partial charge in [0.25, 0.3) is 0 Å². The molecular formula is C17H19ClN2O3. The van der Waals surface area contributed by atoms with Crippen molar-refractivity contribution in [3.05, 3.63) is 35.0 Å². The minimum Gasteiger partial charge on any atom is -0.480 e. The van der Waals surface area contributed by atoms with E-state index in [0.29, 0.717) is 23.9 Å². The summed E-state index contributed by atoms with van der Waals surface area (Å²) in [5.41, 5.74) is 1.76. The molecule has 1 fully saturated rings. The Morgan fingerprint density at radius 3 is 2.96 bits per heavy atom. The van der Waals surface area contributed by atoms with Crippen molar-refractivity contribution in [3.8, 4) is 0 Å². The number of carboxylic acid groups (broad SMARTS) is 1. The summed E-state index contributed by atoms with van der Waals surface area (Å²) in [6.45, 7) is 2.53.